The quantitative estimate of drug-likeness (QED) is 0.638. The zero-order chi connectivity index (χ0) is 12.8. The minimum Gasteiger partial charge on any atom is -0.496 e. The highest BCUT2D eigenvalue weighted by atomic mass is 16.5. The number of anilines is 1. The molecule has 0 saturated heterocycles. The van der Waals surface area contributed by atoms with E-state index in [9.17, 15) is 9.59 Å². The number of amides is 1. The van der Waals surface area contributed by atoms with Gasteiger partial charge in [0.05, 0.1) is 18.4 Å². The van der Waals surface area contributed by atoms with Gasteiger partial charge in [-0.05, 0) is 13.0 Å². The fraction of sp³-hybridized carbons (Fsp3) is 0.231. The predicted molar refractivity (Wildman–Crippen MR) is 65.2 cm³/mol. The Morgan fingerprint density at radius 3 is 2.65 bits per heavy atom. The first kappa shape index (κ1) is 12.8. The maximum absolute atomic E-state index is 11.1. The SMILES string of the molecule is CC#Cc1cc(C=O)c(OC)cc1NC(C)=O. The maximum Gasteiger partial charge on any atom is 0.221 e. The highest BCUT2D eigenvalue weighted by molar-refractivity contribution is 5.92. The van der Waals surface area contributed by atoms with Gasteiger partial charge in [0.15, 0.2) is 6.29 Å². The first-order valence-corrected chi connectivity index (χ1v) is 5.00. The van der Waals surface area contributed by atoms with Crippen molar-refractivity contribution < 1.29 is 14.3 Å². The largest absolute Gasteiger partial charge is 0.496 e. The average molecular weight is 231 g/mol. The number of methoxy groups -OCH3 is 1. The molecule has 0 aliphatic rings. The smallest absolute Gasteiger partial charge is 0.221 e. The average Bonchev–Trinajstić information content (AvgIpc) is 2.30. The topological polar surface area (TPSA) is 55.4 Å². The van der Waals surface area contributed by atoms with Crippen LogP contribution in [0.1, 0.15) is 29.8 Å². The standard InChI is InChI=1S/C13H13NO3/c1-4-5-10-6-11(8-15)13(17-3)7-12(10)14-9(2)16/h6-8H,1-3H3,(H,14,16). The number of hydrogen-bond acceptors (Lipinski definition) is 3. The van der Waals surface area contributed by atoms with Crippen molar-refractivity contribution in [3.8, 4) is 17.6 Å². The van der Waals surface area contributed by atoms with E-state index < -0.39 is 0 Å². The van der Waals surface area contributed by atoms with Gasteiger partial charge in [0.2, 0.25) is 5.91 Å². The summed E-state index contributed by atoms with van der Waals surface area (Å²) in [6.45, 7) is 3.09. The fourth-order valence-corrected chi connectivity index (χ4v) is 1.40. The maximum atomic E-state index is 11.1. The summed E-state index contributed by atoms with van der Waals surface area (Å²) in [6, 6.07) is 3.18. The van der Waals surface area contributed by atoms with E-state index in [0.29, 0.717) is 28.8 Å². The Morgan fingerprint density at radius 1 is 1.47 bits per heavy atom. The van der Waals surface area contributed by atoms with Crippen LogP contribution in [0.5, 0.6) is 5.75 Å². The van der Waals surface area contributed by atoms with Gasteiger partial charge >= 0.3 is 0 Å². The molecule has 1 N–H and O–H groups in total. The molecule has 0 fully saturated rings. The van der Waals surface area contributed by atoms with Crippen molar-refractivity contribution in [1.82, 2.24) is 0 Å². The molecule has 1 aromatic carbocycles. The Kier molecular flexibility index (Phi) is 4.29. The summed E-state index contributed by atoms with van der Waals surface area (Å²) >= 11 is 0. The van der Waals surface area contributed by atoms with Gasteiger partial charge in [-0.1, -0.05) is 5.92 Å². The van der Waals surface area contributed by atoms with Gasteiger partial charge in [-0.3, -0.25) is 9.59 Å². The van der Waals surface area contributed by atoms with Gasteiger partial charge in [0.1, 0.15) is 5.75 Å². The highest BCUT2D eigenvalue weighted by Crippen LogP contribution is 2.26. The summed E-state index contributed by atoms with van der Waals surface area (Å²) < 4.78 is 5.06. The summed E-state index contributed by atoms with van der Waals surface area (Å²) in [4.78, 5) is 21.9. The molecule has 17 heavy (non-hydrogen) atoms. The van der Waals surface area contributed by atoms with Crippen molar-refractivity contribution in [3.63, 3.8) is 0 Å². The molecular weight excluding hydrogens is 218 g/mol. The van der Waals surface area contributed by atoms with Crippen LogP contribution in [-0.4, -0.2) is 19.3 Å². The van der Waals surface area contributed by atoms with Crippen LogP contribution in [0.25, 0.3) is 0 Å². The van der Waals surface area contributed by atoms with E-state index in [1.165, 1.54) is 14.0 Å². The van der Waals surface area contributed by atoms with E-state index in [-0.39, 0.29) is 5.91 Å². The number of rotatable bonds is 3. The first-order chi connectivity index (χ1) is 8.12. The lowest BCUT2D eigenvalue weighted by Gasteiger charge is -2.10. The van der Waals surface area contributed by atoms with Crippen molar-refractivity contribution >= 4 is 17.9 Å². The second-order valence-corrected chi connectivity index (χ2v) is 3.31. The van der Waals surface area contributed by atoms with Gasteiger partial charge in [0.25, 0.3) is 0 Å². The molecule has 0 aliphatic heterocycles. The molecule has 1 aromatic rings. The van der Waals surface area contributed by atoms with Crippen LogP contribution in [0.2, 0.25) is 0 Å². The molecule has 0 bridgehead atoms. The molecule has 0 unspecified atom stereocenters. The lowest BCUT2D eigenvalue weighted by atomic mass is 10.1. The molecule has 0 atom stereocenters. The van der Waals surface area contributed by atoms with E-state index in [0.717, 1.165) is 0 Å². The number of ether oxygens (including phenoxy) is 1. The van der Waals surface area contributed by atoms with Crippen molar-refractivity contribution in [3.05, 3.63) is 23.3 Å². The van der Waals surface area contributed by atoms with Crippen LogP contribution < -0.4 is 10.1 Å². The molecule has 1 rings (SSSR count). The van der Waals surface area contributed by atoms with Crippen LogP contribution in [-0.2, 0) is 4.79 Å². The fourth-order valence-electron chi connectivity index (χ4n) is 1.40. The Bertz CT molecular complexity index is 509. The normalized spacial score (nSPS) is 8.88. The molecule has 0 saturated carbocycles. The van der Waals surface area contributed by atoms with Crippen LogP contribution in [0.4, 0.5) is 5.69 Å². The lowest BCUT2D eigenvalue weighted by Crippen LogP contribution is -2.08. The van der Waals surface area contributed by atoms with Crippen LogP contribution in [0, 0.1) is 11.8 Å². The summed E-state index contributed by atoms with van der Waals surface area (Å²) in [5.41, 5.74) is 1.53. The summed E-state index contributed by atoms with van der Waals surface area (Å²) in [6.07, 6.45) is 0.692. The third-order valence-electron chi connectivity index (χ3n) is 2.07. The van der Waals surface area contributed by atoms with Gasteiger partial charge in [-0.15, -0.1) is 5.92 Å². The zero-order valence-corrected chi connectivity index (χ0v) is 9.96. The summed E-state index contributed by atoms with van der Waals surface area (Å²) in [5, 5.41) is 2.65. The van der Waals surface area contributed by atoms with E-state index in [4.69, 9.17) is 4.74 Å². The molecule has 0 radical (unpaired) electrons. The van der Waals surface area contributed by atoms with Crippen LogP contribution in [0.3, 0.4) is 0 Å². The van der Waals surface area contributed by atoms with Gasteiger partial charge in [-0.2, -0.15) is 0 Å². The Labute approximate surface area is 100.0 Å². The highest BCUT2D eigenvalue weighted by Gasteiger charge is 2.09. The van der Waals surface area contributed by atoms with Gasteiger partial charge < -0.3 is 10.1 Å². The number of benzene rings is 1. The molecular formula is C13H13NO3. The third-order valence-corrected chi connectivity index (χ3v) is 2.07. The van der Waals surface area contributed by atoms with Crippen molar-refractivity contribution in [2.24, 2.45) is 0 Å². The molecule has 0 spiro atoms. The van der Waals surface area contributed by atoms with Gasteiger partial charge in [-0.25, -0.2) is 0 Å². The third kappa shape index (κ3) is 3.08. The van der Waals surface area contributed by atoms with Crippen molar-refractivity contribution in [1.29, 1.82) is 0 Å². The molecule has 4 nitrogen and oxygen atoms in total. The monoisotopic (exact) mass is 231 g/mol. The Morgan fingerprint density at radius 2 is 2.18 bits per heavy atom. The molecule has 1 amide bonds. The molecule has 0 aromatic heterocycles. The van der Waals surface area contributed by atoms with Crippen LogP contribution in [0.15, 0.2) is 12.1 Å². The Balaban J connectivity index is 3.37. The Hall–Kier alpha value is -2.28. The van der Waals surface area contributed by atoms with Crippen molar-refractivity contribution in [2.45, 2.75) is 13.8 Å². The van der Waals surface area contributed by atoms with E-state index in [1.807, 2.05) is 0 Å². The number of nitrogens with one attached hydrogen (secondary N) is 1. The minimum atomic E-state index is -0.204. The number of carbonyl (C=O) groups is 2. The minimum absolute atomic E-state index is 0.204. The summed E-state index contributed by atoms with van der Waals surface area (Å²) in [5.74, 6) is 5.76. The van der Waals surface area contributed by atoms with E-state index in [2.05, 4.69) is 17.2 Å². The van der Waals surface area contributed by atoms with E-state index >= 15 is 0 Å². The second-order valence-electron chi connectivity index (χ2n) is 3.31. The number of carbonyl (C=O) groups excluding carboxylic acids is 2. The second kappa shape index (κ2) is 5.71. The van der Waals surface area contributed by atoms with E-state index in [1.54, 1.807) is 19.1 Å². The molecule has 4 heteroatoms. The van der Waals surface area contributed by atoms with Crippen molar-refractivity contribution in [2.75, 3.05) is 12.4 Å². The molecule has 0 heterocycles. The number of hydrogen-bond donors (Lipinski definition) is 1. The van der Waals surface area contributed by atoms with Crippen LogP contribution >= 0.6 is 0 Å². The summed E-state index contributed by atoms with van der Waals surface area (Å²) in [7, 11) is 1.46. The predicted octanol–water partition coefficient (Wildman–Crippen LogP) is 1.84. The molecule has 88 valence electrons. The molecule has 0 aliphatic carbocycles. The van der Waals surface area contributed by atoms with Gasteiger partial charge in [0, 0.05) is 18.6 Å². The number of aldehydes is 1. The zero-order valence-electron chi connectivity index (χ0n) is 9.96. The lowest BCUT2D eigenvalue weighted by molar-refractivity contribution is -0.114. The first-order valence-electron chi connectivity index (χ1n) is 5.00.